The van der Waals surface area contributed by atoms with E-state index in [4.69, 9.17) is 0 Å². The molecule has 2 aromatic carbocycles. The molecule has 6 rings (SSSR count). The van der Waals surface area contributed by atoms with Crippen LogP contribution in [0.2, 0.25) is 0 Å². The van der Waals surface area contributed by atoms with E-state index in [1.807, 2.05) is 34.4 Å². The Kier molecular flexibility index (Phi) is 8.07. The molecule has 0 bridgehead atoms. The average Bonchev–Trinajstić information content (AvgIpc) is 3.36. The van der Waals surface area contributed by atoms with Gasteiger partial charge in [0.25, 0.3) is 0 Å². The van der Waals surface area contributed by atoms with E-state index in [2.05, 4.69) is 91.2 Å². The van der Waals surface area contributed by atoms with Crippen LogP contribution in [0.25, 0.3) is 43.8 Å². The predicted molar refractivity (Wildman–Crippen MR) is 128 cm³/mol. The standard InChI is InChI=1S/C22H10Br2S3.2ClH.Zr/c23-14-1-3-16-12(7-14)8-18-19(16)10-26-21(18)27-22-20-13(9-25-22)5-11-6-15(24)2-4-17(11)20;;;/h1-10H;2*1H;/q-2;;;+4/p-2. The van der Waals surface area contributed by atoms with Crippen LogP contribution in [0.1, 0.15) is 0 Å². The van der Waals surface area contributed by atoms with Crippen molar-refractivity contribution in [2.75, 3.05) is 0 Å². The predicted octanol–water partition coefficient (Wildman–Crippen LogP) is 3.45. The molecular formula is C22H10Br2Cl2S3Zr. The number of fused-ring (bicyclic) bond motifs is 6. The van der Waals surface area contributed by atoms with Gasteiger partial charge in [0.2, 0.25) is 0 Å². The fourth-order valence-electron chi connectivity index (χ4n) is 3.76. The molecule has 8 heteroatoms. The normalized spacial score (nSPS) is 11.0. The molecule has 0 N–H and O–H groups in total. The second-order valence-corrected chi connectivity index (χ2v) is 11.7. The maximum Gasteiger partial charge on any atom is 4.00 e. The Morgan fingerprint density at radius 3 is 2.27 bits per heavy atom. The first kappa shape index (κ1) is 25.0. The van der Waals surface area contributed by atoms with Gasteiger partial charge in [-0.25, -0.2) is 22.7 Å². The molecule has 2 heterocycles. The molecular weight excluding hydrogens is 682 g/mol. The number of hydrogen-bond acceptors (Lipinski definition) is 3. The van der Waals surface area contributed by atoms with Crippen LogP contribution in [-0.4, -0.2) is 0 Å². The first-order valence-corrected chi connectivity index (χ1v) is 12.5. The number of hydrogen-bond donors (Lipinski definition) is 0. The summed E-state index contributed by atoms with van der Waals surface area (Å²) in [7, 11) is 0. The van der Waals surface area contributed by atoms with Gasteiger partial charge in [0.1, 0.15) is 0 Å². The van der Waals surface area contributed by atoms with Crippen molar-refractivity contribution in [1.29, 1.82) is 0 Å². The molecule has 0 fully saturated rings. The second kappa shape index (κ2) is 9.69. The third kappa shape index (κ3) is 4.05. The van der Waals surface area contributed by atoms with Gasteiger partial charge in [-0.3, -0.25) is 0 Å². The smallest absolute Gasteiger partial charge is 1.00 e. The molecule has 0 radical (unpaired) electrons. The minimum absolute atomic E-state index is 0. The maximum absolute atomic E-state index is 3.59. The van der Waals surface area contributed by atoms with Gasteiger partial charge >= 0.3 is 26.2 Å². The quantitative estimate of drug-likeness (QED) is 0.251. The van der Waals surface area contributed by atoms with Gasteiger partial charge < -0.3 is 24.8 Å². The largest absolute Gasteiger partial charge is 4.00 e. The Morgan fingerprint density at radius 2 is 1.53 bits per heavy atom. The summed E-state index contributed by atoms with van der Waals surface area (Å²) < 4.78 is 5.04. The van der Waals surface area contributed by atoms with E-state index >= 15 is 0 Å². The molecule has 2 aliphatic heterocycles. The molecule has 148 valence electrons. The van der Waals surface area contributed by atoms with Gasteiger partial charge in [0.05, 0.1) is 0 Å². The molecule has 0 saturated carbocycles. The van der Waals surface area contributed by atoms with Crippen molar-refractivity contribution < 1.29 is 51.0 Å². The molecule has 0 aromatic heterocycles. The topological polar surface area (TPSA) is 0 Å². The summed E-state index contributed by atoms with van der Waals surface area (Å²) in [4.78, 5) is 0. The zero-order chi connectivity index (χ0) is 18.1. The third-order valence-electron chi connectivity index (χ3n) is 4.96. The SMILES string of the molecule is Brc1ccc2c3[cH-]sc(S[c-]4scc5cc6cc(Br)ccc6c4-5)c-3cc2c1.[Cl-].[Cl-].[Zr+4]. The molecule has 0 nitrogen and oxygen atoms in total. The van der Waals surface area contributed by atoms with Crippen LogP contribution < -0.4 is 24.8 Å². The summed E-state index contributed by atoms with van der Waals surface area (Å²) in [5.41, 5.74) is 5.49. The van der Waals surface area contributed by atoms with E-state index in [-0.39, 0.29) is 51.0 Å². The first-order chi connectivity index (χ1) is 13.2. The summed E-state index contributed by atoms with van der Waals surface area (Å²) >= 11 is 12.8. The number of benzene rings is 2. The van der Waals surface area contributed by atoms with E-state index in [9.17, 15) is 0 Å². The van der Waals surface area contributed by atoms with E-state index in [1.54, 1.807) is 0 Å². The molecule has 0 amide bonds. The summed E-state index contributed by atoms with van der Waals surface area (Å²) in [6, 6.07) is 17.8. The van der Waals surface area contributed by atoms with Crippen molar-refractivity contribution in [2.45, 2.75) is 8.42 Å². The van der Waals surface area contributed by atoms with E-state index in [0.717, 1.165) is 8.95 Å². The molecule has 0 spiro atoms. The Morgan fingerprint density at radius 1 is 0.867 bits per heavy atom. The molecule has 4 aliphatic rings. The van der Waals surface area contributed by atoms with Crippen molar-refractivity contribution in [3.63, 3.8) is 0 Å². The molecule has 0 unspecified atom stereocenters. The number of rotatable bonds is 2. The van der Waals surface area contributed by atoms with Gasteiger partial charge in [-0.05, 0) is 4.21 Å². The molecule has 2 aromatic rings. The molecule has 0 atom stereocenters. The van der Waals surface area contributed by atoms with Crippen molar-refractivity contribution in [3.05, 3.63) is 68.2 Å². The fraction of sp³-hybridized carbons (Fsp3) is 0. The summed E-state index contributed by atoms with van der Waals surface area (Å²) in [6.45, 7) is 0. The number of halogens is 4. The Balaban J connectivity index is 0.000000853. The van der Waals surface area contributed by atoms with Crippen LogP contribution in [0.15, 0.2) is 76.7 Å². The molecule has 30 heavy (non-hydrogen) atoms. The summed E-state index contributed by atoms with van der Waals surface area (Å²) in [5, 5.41) is 9.90. The van der Waals surface area contributed by atoms with Crippen LogP contribution in [0.4, 0.5) is 0 Å². The minimum Gasteiger partial charge on any atom is -1.00 e. The zero-order valence-electron chi connectivity index (χ0n) is 15.0. The summed E-state index contributed by atoms with van der Waals surface area (Å²) in [5.74, 6) is 0. The molecule has 0 saturated heterocycles. The van der Waals surface area contributed by atoms with Crippen molar-refractivity contribution in [2.24, 2.45) is 0 Å². The van der Waals surface area contributed by atoms with Crippen LogP contribution >= 0.6 is 66.3 Å². The van der Waals surface area contributed by atoms with Gasteiger partial charge in [0.15, 0.2) is 0 Å². The maximum atomic E-state index is 3.59. The summed E-state index contributed by atoms with van der Waals surface area (Å²) in [6.07, 6.45) is 0. The third-order valence-corrected chi connectivity index (χ3v) is 9.40. The van der Waals surface area contributed by atoms with E-state index in [1.165, 1.54) is 52.2 Å². The van der Waals surface area contributed by atoms with Crippen LogP contribution in [0, 0.1) is 0 Å². The Labute approximate surface area is 235 Å². The fourth-order valence-corrected chi connectivity index (χ4v) is 8.17. The van der Waals surface area contributed by atoms with Crippen molar-refractivity contribution >= 4 is 87.8 Å². The second-order valence-electron chi connectivity index (χ2n) is 6.56. The number of thiophene rings is 2. The van der Waals surface area contributed by atoms with Gasteiger partial charge in [-0.1, -0.05) is 99.4 Å². The first-order valence-electron chi connectivity index (χ1n) is 8.37. The van der Waals surface area contributed by atoms with Crippen molar-refractivity contribution in [3.8, 4) is 22.3 Å². The monoisotopic (exact) mass is 688 g/mol. The van der Waals surface area contributed by atoms with Crippen LogP contribution in [0.3, 0.4) is 0 Å². The van der Waals surface area contributed by atoms with Gasteiger partial charge in [0, 0.05) is 8.95 Å². The van der Waals surface area contributed by atoms with E-state index in [0.29, 0.717) is 0 Å². The van der Waals surface area contributed by atoms with Crippen LogP contribution in [0.5, 0.6) is 0 Å². The minimum atomic E-state index is 0. The van der Waals surface area contributed by atoms with Crippen molar-refractivity contribution in [1.82, 2.24) is 0 Å². The van der Waals surface area contributed by atoms with E-state index < -0.39 is 0 Å². The van der Waals surface area contributed by atoms with Gasteiger partial charge in [-0.2, -0.15) is 11.8 Å². The zero-order valence-corrected chi connectivity index (χ0v) is 24.6. The Bertz CT molecular complexity index is 1390. The Hall–Kier alpha value is 0.353. The van der Waals surface area contributed by atoms with Gasteiger partial charge in [-0.15, -0.1) is 39.8 Å². The molecule has 2 aliphatic carbocycles. The van der Waals surface area contributed by atoms with Crippen LogP contribution in [-0.2, 0) is 26.2 Å². The average molecular weight is 692 g/mol.